The first-order chi connectivity index (χ1) is 8.58. The van der Waals surface area contributed by atoms with Crippen molar-refractivity contribution in [2.75, 3.05) is 5.32 Å². The van der Waals surface area contributed by atoms with Gasteiger partial charge >= 0.3 is 5.97 Å². The van der Waals surface area contributed by atoms with Crippen molar-refractivity contribution in [2.24, 2.45) is 7.05 Å². The zero-order valence-corrected chi connectivity index (χ0v) is 9.62. The summed E-state index contributed by atoms with van der Waals surface area (Å²) in [7, 11) is 1.77. The monoisotopic (exact) mass is 245 g/mol. The summed E-state index contributed by atoms with van der Waals surface area (Å²) in [5, 5.41) is 15.9. The van der Waals surface area contributed by atoms with Crippen LogP contribution in [0.4, 0.5) is 5.82 Å². The summed E-state index contributed by atoms with van der Waals surface area (Å²) in [6.45, 7) is 0. The Morgan fingerprint density at radius 1 is 1.33 bits per heavy atom. The van der Waals surface area contributed by atoms with Crippen molar-refractivity contribution in [3.63, 3.8) is 0 Å². The number of aliphatic carboxylic acids is 1. The lowest BCUT2D eigenvalue weighted by Crippen LogP contribution is -2.09. The number of carboxylic acid groups (broad SMARTS) is 1. The fourth-order valence-corrected chi connectivity index (χ4v) is 1.61. The highest BCUT2D eigenvalue weighted by molar-refractivity contribution is 6.06. The van der Waals surface area contributed by atoms with Gasteiger partial charge in [-0.1, -0.05) is 12.1 Å². The highest BCUT2D eigenvalue weighted by atomic mass is 16.4. The molecule has 0 bridgehead atoms. The predicted molar refractivity (Wildman–Crippen MR) is 66.1 cm³/mol. The van der Waals surface area contributed by atoms with Gasteiger partial charge in [-0.25, -0.2) is 4.79 Å². The van der Waals surface area contributed by atoms with Crippen molar-refractivity contribution >= 4 is 28.6 Å². The van der Waals surface area contributed by atoms with Gasteiger partial charge in [0.05, 0.1) is 5.52 Å². The predicted octanol–water partition coefficient (Wildman–Crippen LogP) is 1.15. The van der Waals surface area contributed by atoms with E-state index in [-0.39, 0.29) is 0 Å². The molecule has 2 rings (SSSR count). The van der Waals surface area contributed by atoms with Crippen molar-refractivity contribution in [3.05, 3.63) is 36.4 Å². The molecule has 0 aliphatic heterocycles. The van der Waals surface area contributed by atoms with Crippen LogP contribution >= 0.6 is 0 Å². The molecule has 0 unspecified atom stereocenters. The number of carboxylic acids is 1. The van der Waals surface area contributed by atoms with Gasteiger partial charge in [0.25, 0.3) is 0 Å². The van der Waals surface area contributed by atoms with E-state index in [1.54, 1.807) is 11.7 Å². The van der Waals surface area contributed by atoms with Crippen LogP contribution < -0.4 is 5.32 Å². The van der Waals surface area contributed by atoms with Gasteiger partial charge in [0.15, 0.2) is 5.82 Å². The van der Waals surface area contributed by atoms with Crippen molar-refractivity contribution < 1.29 is 14.7 Å². The number of rotatable bonds is 3. The Kier molecular flexibility index (Phi) is 3.09. The first-order valence-electron chi connectivity index (χ1n) is 5.21. The van der Waals surface area contributed by atoms with Crippen molar-refractivity contribution in [3.8, 4) is 0 Å². The number of benzene rings is 1. The average Bonchev–Trinajstić information content (AvgIpc) is 2.65. The molecule has 0 fully saturated rings. The van der Waals surface area contributed by atoms with Crippen LogP contribution in [0.2, 0.25) is 0 Å². The Morgan fingerprint density at radius 3 is 2.78 bits per heavy atom. The molecule has 18 heavy (non-hydrogen) atoms. The molecule has 0 saturated carbocycles. The lowest BCUT2D eigenvalue weighted by Gasteiger charge is -1.96. The van der Waals surface area contributed by atoms with Crippen molar-refractivity contribution in [1.29, 1.82) is 0 Å². The third-order valence-electron chi connectivity index (χ3n) is 2.38. The molecule has 6 nitrogen and oxygen atoms in total. The maximum atomic E-state index is 11.5. The Morgan fingerprint density at radius 2 is 2.06 bits per heavy atom. The van der Waals surface area contributed by atoms with Crippen LogP contribution in [0.1, 0.15) is 0 Å². The van der Waals surface area contributed by atoms with E-state index in [9.17, 15) is 9.59 Å². The van der Waals surface area contributed by atoms with Crippen molar-refractivity contribution in [1.82, 2.24) is 9.78 Å². The first kappa shape index (κ1) is 11.8. The third kappa shape index (κ3) is 2.37. The third-order valence-corrected chi connectivity index (χ3v) is 2.38. The maximum Gasteiger partial charge on any atom is 0.328 e. The number of aromatic nitrogens is 2. The van der Waals surface area contributed by atoms with Crippen LogP contribution in [0.25, 0.3) is 10.9 Å². The number of anilines is 1. The number of carbonyl (C=O) groups is 2. The van der Waals surface area contributed by atoms with Gasteiger partial charge < -0.3 is 10.4 Å². The number of aryl methyl sites for hydroxylation is 1. The minimum Gasteiger partial charge on any atom is -0.478 e. The quantitative estimate of drug-likeness (QED) is 0.794. The molecule has 0 saturated heterocycles. The summed E-state index contributed by atoms with van der Waals surface area (Å²) in [5.41, 5.74) is 0.884. The van der Waals surface area contributed by atoms with Crippen LogP contribution in [0.15, 0.2) is 36.4 Å². The minimum atomic E-state index is -1.17. The first-order valence-corrected chi connectivity index (χ1v) is 5.21. The minimum absolute atomic E-state index is 0.410. The molecule has 0 aliphatic rings. The van der Waals surface area contributed by atoms with E-state index >= 15 is 0 Å². The average molecular weight is 245 g/mol. The molecule has 92 valence electrons. The highest BCUT2D eigenvalue weighted by Crippen LogP contribution is 2.21. The summed E-state index contributed by atoms with van der Waals surface area (Å²) in [6, 6.07) is 7.43. The number of hydrogen-bond acceptors (Lipinski definition) is 3. The molecule has 1 amide bonds. The second kappa shape index (κ2) is 4.70. The highest BCUT2D eigenvalue weighted by Gasteiger charge is 2.09. The molecule has 2 N–H and O–H groups in total. The van der Waals surface area contributed by atoms with Gasteiger partial charge in [-0.2, -0.15) is 5.10 Å². The number of fused-ring (bicyclic) bond motifs is 1. The lowest BCUT2D eigenvalue weighted by atomic mass is 10.2. The fourth-order valence-electron chi connectivity index (χ4n) is 1.61. The van der Waals surface area contributed by atoms with Crippen LogP contribution in [0.5, 0.6) is 0 Å². The molecule has 0 aliphatic carbocycles. The Hall–Kier alpha value is -2.63. The second-order valence-corrected chi connectivity index (χ2v) is 3.65. The molecule has 2 aromatic rings. The van der Waals surface area contributed by atoms with E-state index in [4.69, 9.17) is 5.11 Å². The van der Waals surface area contributed by atoms with E-state index in [0.717, 1.165) is 23.1 Å². The summed E-state index contributed by atoms with van der Waals surface area (Å²) in [5.74, 6) is -1.29. The molecule has 1 heterocycles. The molecule has 1 aromatic carbocycles. The standard InChI is InChI=1S/C12H11N3O3/c1-15-9-5-3-2-4-8(9)12(14-15)13-10(16)6-7-11(17)18/h2-7H,1H3,(H,17,18)(H,13,14,16)/b7-6-. The topological polar surface area (TPSA) is 84.2 Å². The summed E-state index contributed by atoms with van der Waals surface area (Å²) >= 11 is 0. The molecule has 0 radical (unpaired) electrons. The van der Waals surface area contributed by atoms with Gasteiger partial charge in [-0.3, -0.25) is 9.48 Å². The number of nitrogens with one attached hydrogen (secondary N) is 1. The molecule has 0 spiro atoms. The molecular formula is C12H11N3O3. The summed E-state index contributed by atoms with van der Waals surface area (Å²) in [4.78, 5) is 21.7. The smallest absolute Gasteiger partial charge is 0.328 e. The zero-order chi connectivity index (χ0) is 13.1. The van der Waals surface area contributed by atoms with Gasteiger partial charge in [0.2, 0.25) is 5.91 Å². The largest absolute Gasteiger partial charge is 0.478 e. The SMILES string of the molecule is Cn1nc(NC(=O)/C=C\C(=O)O)c2ccccc21. The Labute approximate surface area is 103 Å². The summed E-state index contributed by atoms with van der Waals surface area (Å²) in [6.07, 6.45) is 1.73. The Bertz CT molecular complexity index is 643. The van der Waals surface area contributed by atoms with Crippen molar-refractivity contribution in [2.45, 2.75) is 0 Å². The normalized spacial score (nSPS) is 10.9. The van der Waals surface area contributed by atoms with Crippen LogP contribution in [-0.4, -0.2) is 26.8 Å². The van der Waals surface area contributed by atoms with Gasteiger partial charge in [0, 0.05) is 24.6 Å². The summed E-state index contributed by atoms with van der Waals surface area (Å²) < 4.78 is 1.64. The molecule has 6 heteroatoms. The second-order valence-electron chi connectivity index (χ2n) is 3.65. The van der Waals surface area contributed by atoms with E-state index in [2.05, 4.69) is 10.4 Å². The van der Waals surface area contributed by atoms with E-state index < -0.39 is 11.9 Å². The zero-order valence-electron chi connectivity index (χ0n) is 9.62. The van der Waals surface area contributed by atoms with E-state index in [1.807, 2.05) is 24.3 Å². The van der Waals surface area contributed by atoms with Crippen LogP contribution in [0.3, 0.4) is 0 Å². The van der Waals surface area contributed by atoms with Crippen LogP contribution in [0, 0.1) is 0 Å². The number of amides is 1. The Balaban J connectivity index is 2.27. The molecule has 0 atom stereocenters. The lowest BCUT2D eigenvalue weighted by molar-refractivity contribution is -0.131. The van der Waals surface area contributed by atoms with Crippen LogP contribution in [-0.2, 0) is 16.6 Å². The van der Waals surface area contributed by atoms with Gasteiger partial charge in [0.1, 0.15) is 0 Å². The number of para-hydroxylation sites is 1. The number of hydrogen-bond donors (Lipinski definition) is 2. The van der Waals surface area contributed by atoms with Gasteiger partial charge in [-0.05, 0) is 12.1 Å². The van der Waals surface area contributed by atoms with Gasteiger partial charge in [-0.15, -0.1) is 0 Å². The van der Waals surface area contributed by atoms with E-state index in [1.165, 1.54) is 0 Å². The van der Waals surface area contributed by atoms with E-state index in [0.29, 0.717) is 5.82 Å². The number of nitrogens with zero attached hydrogens (tertiary/aromatic N) is 2. The fraction of sp³-hybridized carbons (Fsp3) is 0.0833. The molecular weight excluding hydrogens is 234 g/mol. The maximum absolute atomic E-state index is 11.5. The molecule has 1 aromatic heterocycles. The number of carbonyl (C=O) groups excluding carboxylic acids is 1.